The molecule has 0 unspecified atom stereocenters. The highest BCUT2D eigenvalue weighted by molar-refractivity contribution is 6.32. The summed E-state index contributed by atoms with van der Waals surface area (Å²) in [6.07, 6.45) is -4.49. The topological polar surface area (TPSA) is 37.2 Å². The molecule has 0 N–H and O–H groups in total. The third kappa shape index (κ3) is 4.04. The van der Waals surface area contributed by atoms with E-state index >= 15 is 0 Å². The van der Waals surface area contributed by atoms with E-state index in [9.17, 15) is 13.2 Å². The number of rotatable bonds is 4. The standard InChI is InChI=1S/C20H21ClF3N5/c1-2-29-16-6-4-3-5-15(16)25-18(29)13-27-9-11-28(12-10-27)19-14(21)7-8-17(26-19)20(22,23)24/h3-8H,2,9-13H2,1H3. The van der Waals surface area contributed by atoms with Crippen molar-refractivity contribution in [2.45, 2.75) is 26.2 Å². The number of hydrogen-bond acceptors (Lipinski definition) is 4. The average Bonchev–Trinajstić information content (AvgIpc) is 3.05. The number of anilines is 1. The SMILES string of the molecule is CCn1c(CN2CCN(c3nc(C(F)(F)F)ccc3Cl)CC2)nc2ccccc21. The molecular weight excluding hydrogens is 403 g/mol. The quantitative estimate of drug-likeness (QED) is 0.621. The van der Waals surface area contributed by atoms with Crippen molar-refractivity contribution in [3.05, 3.63) is 52.9 Å². The van der Waals surface area contributed by atoms with E-state index in [2.05, 4.69) is 27.4 Å². The van der Waals surface area contributed by atoms with Crippen LogP contribution in [0, 0.1) is 0 Å². The van der Waals surface area contributed by atoms with E-state index in [4.69, 9.17) is 16.6 Å². The van der Waals surface area contributed by atoms with Gasteiger partial charge in [-0.05, 0) is 31.2 Å². The Balaban J connectivity index is 1.47. The molecule has 0 spiro atoms. The summed E-state index contributed by atoms with van der Waals surface area (Å²) in [6.45, 7) is 6.12. The van der Waals surface area contributed by atoms with Crippen molar-refractivity contribution < 1.29 is 13.2 Å². The summed E-state index contributed by atoms with van der Waals surface area (Å²) in [4.78, 5) is 12.6. The molecule has 0 aliphatic carbocycles. The molecule has 1 aliphatic heterocycles. The molecule has 1 aliphatic rings. The molecular formula is C20H21ClF3N5. The maximum absolute atomic E-state index is 13.0. The van der Waals surface area contributed by atoms with Gasteiger partial charge in [-0.25, -0.2) is 9.97 Å². The molecule has 0 radical (unpaired) electrons. The largest absolute Gasteiger partial charge is 0.433 e. The van der Waals surface area contributed by atoms with Gasteiger partial charge in [0, 0.05) is 32.7 Å². The van der Waals surface area contributed by atoms with Crippen molar-refractivity contribution >= 4 is 28.5 Å². The number of para-hydroxylation sites is 2. The molecule has 1 fully saturated rings. The predicted octanol–water partition coefficient (Wildman–Crippen LogP) is 4.45. The number of hydrogen-bond donors (Lipinski definition) is 0. The molecule has 0 atom stereocenters. The van der Waals surface area contributed by atoms with E-state index in [1.165, 1.54) is 6.07 Å². The normalized spacial score (nSPS) is 16.0. The predicted molar refractivity (Wildman–Crippen MR) is 107 cm³/mol. The Kier molecular flexibility index (Phi) is 5.40. The van der Waals surface area contributed by atoms with Crippen molar-refractivity contribution in [3.8, 4) is 0 Å². The zero-order chi connectivity index (χ0) is 20.6. The van der Waals surface area contributed by atoms with Gasteiger partial charge in [-0.1, -0.05) is 23.7 Å². The third-order valence-electron chi connectivity index (χ3n) is 5.20. The minimum atomic E-state index is -4.49. The first-order valence-electron chi connectivity index (χ1n) is 9.52. The molecule has 1 aromatic carbocycles. The van der Waals surface area contributed by atoms with Gasteiger partial charge in [0.15, 0.2) is 0 Å². The van der Waals surface area contributed by atoms with Crippen LogP contribution in [-0.4, -0.2) is 45.6 Å². The fourth-order valence-corrected chi connectivity index (χ4v) is 3.95. The zero-order valence-electron chi connectivity index (χ0n) is 16.0. The van der Waals surface area contributed by atoms with Gasteiger partial charge in [-0.3, -0.25) is 4.90 Å². The van der Waals surface area contributed by atoms with Gasteiger partial charge in [-0.15, -0.1) is 0 Å². The Morgan fingerprint density at radius 1 is 1.00 bits per heavy atom. The molecule has 1 saturated heterocycles. The van der Waals surface area contributed by atoms with E-state index in [0.717, 1.165) is 29.5 Å². The van der Waals surface area contributed by atoms with Crippen LogP contribution in [0.3, 0.4) is 0 Å². The second kappa shape index (κ2) is 7.84. The summed E-state index contributed by atoms with van der Waals surface area (Å²) < 4.78 is 41.2. The van der Waals surface area contributed by atoms with Crippen LogP contribution >= 0.6 is 11.6 Å². The van der Waals surface area contributed by atoms with Crippen LogP contribution in [0.1, 0.15) is 18.4 Å². The second-order valence-corrected chi connectivity index (χ2v) is 7.43. The molecule has 154 valence electrons. The highest BCUT2D eigenvalue weighted by Gasteiger charge is 2.34. The fourth-order valence-electron chi connectivity index (χ4n) is 3.73. The average molecular weight is 424 g/mol. The van der Waals surface area contributed by atoms with Crippen LogP contribution < -0.4 is 4.90 Å². The van der Waals surface area contributed by atoms with Crippen LogP contribution in [0.5, 0.6) is 0 Å². The number of piperazine rings is 1. The van der Waals surface area contributed by atoms with Gasteiger partial charge in [0.05, 0.1) is 22.6 Å². The summed E-state index contributed by atoms with van der Waals surface area (Å²) in [5.74, 6) is 1.19. The highest BCUT2D eigenvalue weighted by Crippen LogP contribution is 2.32. The molecule has 0 bridgehead atoms. The maximum Gasteiger partial charge on any atom is 0.433 e. The minimum absolute atomic E-state index is 0.196. The number of aromatic nitrogens is 3. The number of halogens is 4. The van der Waals surface area contributed by atoms with E-state index in [0.29, 0.717) is 32.7 Å². The summed E-state index contributed by atoms with van der Waals surface area (Å²) in [5.41, 5.74) is 1.17. The summed E-state index contributed by atoms with van der Waals surface area (Å²) >= 11 is 6.13. The first-order valence-corrected chi connectivity index (χ1v) is 9.90. The van der Waals surface area contributed by atoms with E-state index in [1.54, 1.807) is 0 Å². The van der Waals surface area contributed by atoms with Gasteiger partial charge in [0.2, 0.25) is 0 Å². The van der Waals surface area contributed by atoms with Gasteiger partial charge in [-0.2, -0.15) is 13.2 Å². The molecule has 2 aromatic heterocycles. The van der Waals surface area contributed by atoms with Gasteiger partial charge < -0.3 is 9.47 Å². The first kappa shape index (κ1) is 20.0. The summed E-state index contributed by atoms with van der Waals surface area (Å²) in [6, 6.07) is 10.2. The molecule has 3 heterocycles. The van der Waals surface area contributed by atoms with Gasteiger partial charge >= 0.3 is 6.18 Å². The third-order valence-corrected chi connectivity index (χ3v) is 5.50. The Morgan fingerprint density at radius 3 is 2.41 bits per heavy atom. The van der Waals surface area contributed by atoms with Crippen molar-refractivity contribution in [2.75, 3.05) is 31.1 Å². The van der Waals surface area contributed by atoms with Crippen molar-refractivity contribution in [2.24, 2.45) is 0 Å². The number of alkyl halides is 3. The summed E-state index contributed by atoms with van der Waals surface area (Å²) in [5, 5.41) is 0.235. The molecule has 4 rings (SSSR count). The molecule has 3 aromatic rings. The van der Waals surface area contributed by atoms with E-state index < -0.39 is 11.9 Å². The lowest BCUT2D eigenvalue weighted by atomic mass is 10.2. The van der Waals surface area contributed by atoms with Crippen LogP contribution in [0.15, 0.2) is 36.4 Å². The smallest absolute Gasteiger partial charge is 0.353 e. The van der Waals surface area contributed by atoms with Crippen molar-refractivity contribution in [3.63, 3.8) is 0 Å². The molecule has 9 heteroatoms. The monoisotopic (exact) mass is 423 g/mol. The van der Waals surface area contributed by atoms with E-state index in [1.807, 2.05) is 23.1 Å². The van der Waals surface area contributed by atoms with Crippen LogP contribution in [0.25, 0.3) is 11.0 Å². The number of benzene rings is 1. The van der Waals surface area contributed by atoms with Crippen LogP contribution in [0.2, 0.25) is 5.02 Å². The first-order chi connectivity index (χ1) is 13.9. The number of pyridine rings is 1. The number of fused-ring (bicyclic) bond motifs is 1. The number of nitrogens with zero attached hydrogens (tertiary/aromatic N) is 5. The Bertz CT molecular complexity index is 1010. The van der Waals surface area contributed by atoms with Gasteiger partial charge in [0.25, 0.3) is 0 Å². The summed E-state index contributed by atoms with van der Waals surface area (Å²) in [7, 11) is 0. The molecule has 0 saturated carbocycles. The number of aryl methyl sites for hydroxylation is 1. The highest BCUT2D eigenvalue weighted by atomic mass is 35.5. The van der Waals surface area contributed by atoms with Crippen LogP contribution in [-0.2, 0) is 19.3 Å². The van der Waals surface area contributed by atoms with Crippen LogP contribution in [0.4, 0.5) is 19.0 Å². The van der Waals surface area contributed by atoms with Crippen molar-refractivity contribution in [1.82, 2.24) is 19.4 Å². The Morgan fingerprint density at radius 2 is 1.72 bits per heavy atom. The van der Waals surface area contributed by atoms with Crippen molar-refractivity contribution in [1.29, 1.82) is 0 Å². The molecule has 5 nitrogen and oxygen atoms in total. The molecule has 0 amide bonds. The zero-order valence-corrected chi connectivity index (χ0v) is 16.7. The second-order valence-electron chi connectivity index (χ2n) is 7.02. The maximum atomic E-state index is 13.0. The lowest BCUT2D eigenvalue weighted by molar-refractivity contribution is -0.141. The Hall–Kier alpha value is -2.32. The van der Waals surface area contributed by atoms with Gasteiger partial charge in [0.1, 0.15) is 17.3 Å². The minimum Gasteiger partial charge on any atom is -0.353 e. The lowest BCUT2D eigenvalue weighted by Crippen LogP contribution is -2.46. The Labute approximate surface area is 171 Å². The molecule has 29 heavy (non-hydrogen) atoms. The lowest BCUT2D eigenvalue weighted by Gasteiger charge is -2.35. The fraction of sp³-hybridized carbons (Fsp3) is 0.400. The number of imidazole rings is 1. The van der Waals surface area contributed by atoms with E-state index in [-0.39, 0.29) is 10.8 Å².